The normalized spacial score (nSPS) is 14.4. The maximum Gasteiger partial charge on any atom is 0.184 e. The highest BCUT2D eigenvalue weighted by Crippen LogP contribution is 2.23. The maximum absolute atomic E-state index is 11.9. The summed E-state index contributed by atoms with van der Waals surface area (Å²) in [6.07, 6.45) is 1.17. The second kappa shape index (κ2) is 6.12. The highest BCUT2D eigenvalue weighted by atomic mass is 35.5. The van der Waals surface area contributed by atoms with Gasteiger partial charge in [0.05, 0.1) is 10.9 Å². The molecule has 2 atom stereocenters. The fourth-order valence-corrected chi connectivity index (χ4v) is 1.95. The van der Waals surface area contributed by atoms with Gasteiger partial charge in [-0.15, -0.1) is 23.2 Å². The van der Waals surface area contributed by atoms with E-state index in [4.69, 9.17) is 23.2 Å². The van der Waals surface area contributed by atoms with Gasteiger partial charge in [-0.3, -0.25) is 4.79 Å². The van der Waals surface area contributed by atoms with E-state index in [0.717, 1.165) is 6.42 Å². The highest BCUT2D eigenvalue weighted by molar-refractivity contribution is 6.34. The summed E-state index contributed by atoms with van der Waals surface area (Å²) >= 11 is 11.9. The summed E-state index contributed by atoms with van der Waals surface area (Å²) in [7, 11) is 0. The third-order valence-electron chi connectivity index (χ3n) is 2.36. The van der Waals surface area contributed by atoms with Crippen LogP contribution in [0.25, 0.3) is 0 Å². The Morgan fingerprint density at radius 3 is 2.56 bits per heavy atom. The zero-order chi connectivity index (χ0) is 12.1. The van der Waals surface area contributed by atoms with Gasteiger partial charge in [-0.2, -0.15) is 0 Å². The van der Waals surface area contributed by atoms with Crippen LogP contribution in [0.4, 0.5) is 0 Å². The second-order valence-corrected chi connectivity index (χ2v) is 4.73. The number of aromatic hydroxyl groups is 1. The molecule has 0 spiro atoms. The summed E-state index contributed by atoms with van der Waals surface area (Å²) in [6.45, 7) is 1.94. The fourth-order valence-electron chi connectivity index (χ4n) is 1.35. The van der Waals surface area contributed by atoms with Crippen molar-refractivity contribution in [2.75, 3.05) is 0 Å². The molecule has 0 aliphatic carbocycles. The molecule has 0 aromatic heterocycles. The Hall–Kier alpha value is -0.730. The molecule has 0 fully saturated rings. The minimum absolute atomic E-state index is 0.0410. The van der Waals surface area contributed by atoms with E-state index in [0.29, 0.717) is 6.42 Å². The fraction of sp³-hybridized carbons (Fsp3) is 0.417. The van der Waals surface area contributed by atoms with E-state index >= 15 is 0 Å². The largest absolute Gasteiger partial charge is 0.507 e. The van der Waals surface area contributed by atoms with Gasteiger partial charge >= 0.3 is 0 Å². The Morgan fingerprint density at radius 2 is 2.00 bits per heavy atom. The molecule has 0 saturated heterocycles. The topological polar surface area (TPSA) is 37.3 Å². The number of halogens is 2. The maximum atomic E-state index is 11.9. The number of hydrogen-bond acceptors (Lipinski definition) is 2. The molecule has 0 bridgehead atoms. The summed E-state index contributed by atoms with van der Waals surface area (Å²) in [6, 6.07) is 6.37. The molecule has 0 saturated carbocycles. The third kappa shape index (κ3) is 3.39. The van der Waals surface area contributed by atoms with E-state index in [9.17, 15) is 9.90 Å². The second-order valence-electron chi connectivity index (χ2n) is 3.59. The molecule has 0 heterocycles. The molecule has 2 nitrogen and oxygen atoms in total. The monoisotopic (exact) mass is 260 g/mol. The number of para-hydroxylation sites is 1. The van der Waals surface area contributed by atoms with Crippen LogP contribution in [0.15, 0.2) is 24.3 Å². The molecule has 1 aromatic carbocycles. The van der Waals surface area contributed by atoms with Crippen LogP contribution in [-0.4, -0.2) is 21.6 Å². The van der Waals surface area contributed by atoms with Gasteiger partial charge in [-0.25, -0.2) is 0 Å². The van der Waals surface area contributed by atoms with Crippen molar-refractivity contribution in [3.8, 4) is 5.75 Å². The van der Waals surface area contributed by atoms with Gasteiger partial charge in [0.1, 0.15) is 5.75 Å². The average molecular weight is 261 g/mol. The van der Waals surface area contributed by atoms with Crippen LogP contribution in [0.2, 0.25) is 0 Å². The molecule has 16 heavy (non-hydrogen) atoms. The minimum atomic E-state index is -0.684. The van der Waals surface area contributed by atoms with Crippen molar-refractivity contribution in [1.29, 1.82) is 0 Å². The zero-order valence-corrected chi connectivity index (χ0v) is 10.5. The number of phenols is 1. The van der Waals surface area contributed by atoms with Crippen LogP contribution in [0.3, 0.4) is 0 Å². The molecule has 2 unspecified atom stereocenters. The number of rotatable bonds is 5. The Morgan fingerprint density at radius 1 is 1.38 bits per heavy atom. The van der Waals surface area contributed by atoms with Crippen molar-refractivity contribution in [3.63, 3.8) is 0 Å². The molecule has 1 rings (SSSR count). The first-order valence-corrected chi connectivity index (χ1v) is 6.03. The predicted molar refractivity (Wildman–Crippen MR) is 66.6 cm³/mol. The van der Waals surface area contributed by atoms with Gasteiger partial charge < -0.3 is 5.11 Å². The summed E-state index contributed by atoms with van der Waals surface area (Å²) < 4.78 is 0. The van der Waals surface area contributed by atoms with Crippen LogP contribution in [-0.2, 0) is 0 Å². The van der Waals surface area contributed by atoms with Crippen molar-refractivity contribution < 1.29 is 9.90 Å². The number of hydrogen-bond donors (Lipinski definition) is 1. The minimum Gasteiger partial charge on any atom is -0.507 e. The molecule has 0 aliphatic rings. The van der Waals surface area contributed by atoms with Gasteiger partial charge in [-0.05, 0) is 25.0 Å². The molecule has 88 valence electrons. The van der Waals surface area contributed by atoms with Crippen molar-refractivity contribution in [2.45, 2.75) is 30.5 Å². The Kier molecular flexibility index (Phi) is 5.10. The Labute approximate surface area is 105 Å². The van der Waals surface area contributed by atoms with Crippen LogP contribution < -0.4 is 0 Å². The number of phenolic OH excluding ortho intramolecular Hbond substituents is 1. The molecular weight excluding hydrogens is 247 g/mol. The highest BCUT2D eigenvalue weighted by Gasteiger charge is 2.22. The Bertz CT molecular complexity index is 366. The van der Waals surface area contributed by atoms with E-state index in [1.807, 2.05) is 6.92 Å². The lowest BCUT2D eigenvalue weighted by atomic mass is 10.0. The summed E-state index contributed by atoms with van der Waals surface area (Å²) in [5.74, 6) is -0.320. The van der Waals surface area contributed by atoms with Crippen LogP contribution in [0.1, 0.15) is 30.1 Å². The van der Waals surface area contributed by atoms with Crippen LogP contribution in [0.5, 0.6) is 5.75 Å². The number of benzene rings is 1. The number of carbonyl (C=O) groups is 1. The van der Waals surface area contributed by atoms with Gasteiger partial charge in [0.2, 0.25) is 0 Å². The summed E-state index contributed by atoms with van der Waals surface area (Å²) in [5.41, 5.74) is 0.252. The van der Waals surface area contributed by atoms with Crippen molar-refractivity contribution in [3.05, 3.63) is 29.8 Å². The number of alkyl halides is 2. The van der Waals surface area contributed by atoms with Gasteiger partial charge in [0, 0.05) is 5.38 Å². The molecule has 1 N–H and O–H groups in total. The van der Waals surface area contributed by atoms with Gasteiger partial charge in [0.15, 0.2) is 5.78 Å². The van der Waals surface area contributed by atoms with E-state index in [1.165, 1.54) is 6.07 Å². The third-order valence-corrected chi connectivity index (χ3v) is 3.22. The zero-order valence-electron chi connectivity index (χ0n) is 8.99. The number of carbonyl (C=O) groups excluding carboxylic acids is 1. The molecule has 0 aliphatic heterocycles. The summed E-state index contributed by atoms with van der Waals surface area (Å²) in [4.78, 5) is 11.9. The quantitative estimate of drug-likeness (QED) is 0.649. The standard InChI is InChI=1S/C12H14Cl2O2/c1-2-8(13)7-10(14)12(16)9-5-3-4-6-11(9)15/h3-6,8,10,15H,2,7H2,1H3. The molecular formula is C12H14Cl2O2. The van der Waals surface area contributed by atoms with E-state index in [1.54, 1.807) is 18.2 Å². The smallest absolute Gasteiger partial charge is 0.184 e. The van der Waals surface area contributed by atoms with Gasteiger partial charge in [0.25, 0.3) is 0 Å². The van der Waals surface area contributed by atoms with Crippen molar-refractivity contribution in [2.24, 2.45) is 0 Å². The predicted octanol–water partition coefficient (Wildman–Crippen LogP) is 3.59. The lowest BCUT2D eigenvalue weighted by molar-refractivity contribution is 0.0981. The molecule has 4 heteroatoms. The van der Waals surface area contributed by atoms with E-state index < -0.39 is 5.38 Å². The van der Waals surface area contributed by atoms with E-state index in [-0.39, 0.29) is 22.5 Å². The SMILES string of the molecule is CCC(Cl)CC(Cl)C(=O)c1ccccc1O. The Balaban J connectivity index is 2.75. The molecule has 1 aromatic rings. The lowest BCUT2D eigenvalue weighted by Crippen LogP contribution is -2.18. The van der Waals surface area contributed by atoms with Crippen molar-refractivity contribution in [1.82, 2.24) is 0 Å². The van der Waals surface area contributed by atoms with Gasteiger partial charge in [-0.1, -0.05) is 19.1 Å². The average Bonchev–Trinajstić information content (AvgIpc) is 2.28. The first kappa shape index (κ1) is 13.3. The summed E-state index contributed by atoms with van der Waals surface area (Å²) in [5, 5.41) is 8.71. The first-order chi connectivity index (χ1) is 7.56. The lowest BCUT2D eigenvalue weighted by Gasteiger charge is -2.12. The number of Topliss-reactive ketones (excluding diaryl/α,β-unsaturated/α-hetero) is 1. The van der Waals surface area contributed by atoms with Crippen LogP contribution in [0, 0.1) is 0 Å². The molecule has 0 amide bonds. The van der Waals surface area contributed by atoms with E-state index in [2.05, 4.69) is 0 Å². The molecule has 0 radical (unpaired) electrons. The van der Waals surface area contributed by atoms with Crippen LogP contribution >= 0.6 is 23.2 Å². The number of ketones is 1. The first-order valence-electron chi connectivity index (χ1n) is 5.16. The van der Waals surface area contributed by atoms with Crippen molar-refractivity contribution >= 4 is 29.0 Å².